The van der Waals surface area contributed by atoms with Crippen molar-refractivity contribution in [3.63, 3.8) is 0 Å². The van der Waals surface area contributed by atoms with Crippen LogP contribution < -0.4 is 0 Å². The van der Waals surface area contributed by atoms with E-state index < -0.39 is 0 Å². The maximum Gasteiger partial charge on any atom is 0.103 e. The van der Waals surface area contributed by atoms with E-state index in [9.17, 15) is 0 Å². The van der Waals surface area contributed by atoms with Crippen LogP contribution in [-0.4, -0.2) is 9.97 Å². The Balaban J connectivity index is 2.15. The first-order valence-corrected chi connectivity index (χ1v) is 4.80. The molecule has 0 unspecified atom stereocenters. The van der Waals surface area contributed by atoms with Crippen molar-refractivity contribution in [1.82, 2.24) is 9.97 Å². The second-order valence-corrected chi connectivity index (χ2v) is 3.64. The van der Waals surface area contributed by atoms with Gasteiger partial charge in [-0.2, -0.15) is 0 Å². The SMILES string of the molecule is Cc1ccc(Cc2c[nH]c(C)n2)cc1. The highest BCUT2D eigenvalue weighted by Crippen LogP contribution is 2.08. The molecule has 2 nitrogen and oxygen atoms in total. The topological polar surface area (TPSA) is 28.7 Å². The Morgan fingerprint density at radius 1 is 1.14 bits per heavy atom. The normalized spacial score (nSPS) is 10.4. The second kappa shape index (κ2) is 3.66. The minimum atomic E-state index is 0.907. The van der Waals surface area contributed by atoms with Gasteiger partial charge in [-0.05, 0) is 19.4 Å². The number of aryl methyl sites for hydroxylation is 2. The van der Waals surface area contributed by atoms with Crippen LogP contribution in [0.15, 0.2) is 30.5 Å². The first-order valence-electron chi connectivity index (χ1n) is 4.80. The first kappa shape index (κ1) is 9.00. The summed E-state index contributed by atoms with van der Waals surface area (Å²) < 4.78 is 0. The van der Waals surface area contributed by atoms with Gasteiger partial charge in [-0.3, -0.25) is 0 Å². The molecule has 0 aliphatic carbocycles. The van der Waals surface area contributed by atoms with Crippen LogP contribution in [0.3, 0.4) is 0 Å². The average Bonchev–Trinajstić information content (AvgIpc) is 2.56. The summed E-state index contributed by atoms with van der Waals surface area (Å²) in [7, 11) is 0. The van der Waals surface area contributed by atoms with Crippen LogP contribution >= 0.6 is 0 Å². The van der Waals surface area contributed by atoms with E-state index in [-0.39, 0.29) is 0 Å². The van der Waals surface area contributed by atoms with E-state index in [0.717, 1.165) is 17.9 Å². The van der Waals surface area contributed by atoms with Gasteiger partial charge in [-0.15, -0.1) is 0 Å². The highest BCUT2D eigenvalue weighted by molar-refractivity contribution is 5.24. The molecular weight excluding hydrogens is 172 g/mol. The molecule has 0 spiro atoms. The van der Waals surface area contributed by atoms with Crippen LogP contribution in [0.2, 0.25) is 0 Å². The predicted octanol–water partition coefficient (Wildman–Crippen LogP) is 2.62. The Hall–Kier alpha value is -1.57. The Morgan fingerprint density at radius 3 is 2.43 bits per heavy atom. The average molecular weight is 186 g/mol. The first-order chi connectivity index (χ1) is 6.74. The van der Waals surface area contributed by atoms with Crippen LogP contribution in [0.5, 0.6) is 0 Å². The largest absolute Gasteiger partial charge is 0.349 e. The number of H-pyrrole nitrogens is 1. The fourth-order valence-corrected chi connectivity index (χ4v) is 1.47. The maximum absolute atomic E-state index is 4.37. The number of hydrogen-bond donors (Lipinski definition) is 1. The highest BCUT2D eigenvalue weighted by atomic mass is 14.9. The Morgan fingerprint density at radius 2 is 1.86 bits per heavy atom. The molecule has 0 saturated carbocycles. The van der Waals surface area contributed by atoms with E-state index in [1.165, 1.54) is 11.1 Å². The standard InChI is InChI=1S/C12H14N2/c1-9-3-5-11(6-4-9)7-12-8-13-10(2)14-12/h3-6,8H,7H2,1-2H3,(H,13,14). The maximum atomic E-state index is 4.37. The lowest BCUT2D eigenvalue weighted by molar-refractivity contribution is 1.07. The monoisotopic (exact) mass is 186 g/mol. The molecular formula is C12H14N2. The van der Waals surface area contributed by atoms with E-state index in [1.807, 2.05) is 13.1 Å². The number of nitrogens with zero attached hydrogens (tertiary/aromatic N) is 1. The third-order valence-electron chi connectivity index (χ3n) is 2.26. The zero-order valence-corrected chi connectivity index (χ0v) is 8.54. The van der Waals surface area contributed by atoms with Crippen LogP contribution in [-0.2, 0) is 6.42 Å². The zero-order chi connectivity index (χ0) is 9.97. The van der Waals surface area contributed by atoms with Crippen molar-refractivity contribution in [2.45, 2.75) is 20.3 Å². The van der Waals surface area contributed by atoms with Crippen molar-refractivity contribution < 1.29 is 0 Å². The number of aromatic amines is 1. The van der Waals surface area contributed by atoms with Crippen LogP contribution in [0.1, 0.15) is 22.6 Å². The van der Waals surface area contributed by atoms with Gasteiger partial charge in [0, 0.05) is 12.6 Å². The molecule has 0 saturated heterocycles. The van der Waals surface area contributed by atoms with Crippen molar-refractivity contribution in [2.75, 3.05) is 0 Å². The molecule has 14 heavy (non-hydrogen) atoms. The zero-order valence-electron chi connectivity index (χ0n) is 8.54. The third-order valence-corrected chi connectivity index (χ3v) is 2.26. The van der Waals surface area contributed by atoms with Gasteiger partial charge in [-0.1, -0.05) is 29.8 Å². The highest BCUT2D eigenvalue weighted by Gasteiger charge is 1.98. The molecule has 0 radical (unpaired) electrons. The summed E-state index contributed by atoms with van der Waals surface area (Å²) in [5, 5.41) is 0. The van der Waals surface area contributed by atoms with Crippen molar-refractivity contribution in [3.05, 3.63) is 53.1 Å². The minimum absolute atomic E-state index is 0.907. The molecule has 0 aliphatic heterocycles. The Bertz CT molecular complexity index is 412. The van der Waals surface area contributed by atoms with Gasteiger partial charge in [0.2, 0.25) is 0 Å². The molecule has 2 aromatic rings. The van der Waals surface area contributed by atoms with Crippen molar-refractivity contribution in [1.29, 1.82) is 0 Å². The smallest absolute Gasteiger partial charge is 0.103 e. The van der Waals surface area contributed by atoms with Gasteiger partial charge < -0.3 is 4.98 Å². The van der Waals surface area contributed by atoms with Crippen LogP contribution in [0.25, 0.3) is 0 Å². The molecule has 0 aliphatic rings. The van der Waals surface area contributed by atoms with Gasteiger partial charge in [0.05, 0.1) is 5.69 Å². The molecule has 2 rings (SSSR count). The fourth-order valence-electron chi connectivity index (χ4n) is 1.47. The molecule has 0 fully saturated rings. The van der Waals surface area contributed by atoms with Crippen LogP contribution in [0, 0.1) is 13.8 Å². The predicted molar refractivity (Wildman–Crippen MR) is 57.3 cm³/mol. The molecule has 2 heteroatoms. The molecule has 1 heterocycles. The summed E-state index contributed by atoms with van der Waals surface area (Å²) in [6.45, 7) is 4.07. The quantitative estimate of drug-likeness (QED) is 0.767. The molecule has 0 bridgehead atoms. The summed E-state index contributed by atoms with van der Waals surface area (Å²) in [4.78, 5) is 7.46. The van der Waals surface area contributed by atoms with Gasteiger partial charge in [-0.25, -0.2) is 4.98 Å². The van der Waals surface area contributed by atoms with E-state index in [1.54, 1.807) is 0 Å². The van der Waals surface area contributed by atoms with Crippen LogP contribution in [0.4, 0.5) is 0 Å². The molecule has 1 aromatic carbocycles. The minimum Gasteiger partial charge on any atom is -0.349 e. The number of benzene rings is 1. The van der Waals surface area contributed by atoms with Gasteiger partial charge >= 0.3 is 0 Å². The molecule has 1 aromatic heterocycles. The van der Waals surface area contributed by atoms with Crippen molar-refractivity contribution >= 4 is 0 Å². The van der Waals surface area contributed by atoms with E-state index in [4.69, 9.17) is 0 Å². The van der Waals surface area contributed by atoms with Crippen molar-refractivity contribution in [2.24, 2.45) is 0 Å². The van der Waals surface area contributed by atoms with Gasteiger partial charge in [0.1, 0.15) is 5.82 Å². The lowest BCUT2D eigenvalue weighted by Crippen LogP contribution is -1.88. The number of nitrogens with one attached hydrogen (secondary N) is 1. The van der Waals surface area contributed by atoms with Crippen molar-refractivity contribution in [3.8, 4) is 0 Å². The van der Waals surface area contributed by atoms with Gasteiger partial charge in [0.25, 0.3) is 0 Å². The van der Waals surface area contributed by atoms with E-state index in [0.29, 0.717) is 0 Å². The summed E-state index contributed by atoms with van der Waals surface area (Å²) in [6.07, 6.45) is 2.87. The molecule has 1 N–H and O–H groups in total. The Kier molecular flexibility index (Phi) is 2.35. The number of aromatic nitrogens is 2. The second-order valence-electron chi connectivity index (χ2n) is 3.64. The summed E-state index contributed by atoms with van der Waals surface area (Å²) in [6, 6.07) is 8.57. The Labute approximate surface area is 84.0 Å². The van der Waals surface area contributed by atoms with Gasteiger partial charge in [0.15, 0.2) is 0 Å². The molecule has 0 amide bonds. The lowest BCUT2D eigenvalue weighted by Gasteiger charge is -1.98. The van der Waals surface area contributed by atoms with E-state index >= 15 is 0 Å². The number of imidazole rings is 1. The third kappa shape index (κ3) is 2.02. The lowest BCUT2D eigenvalue weighted by atomic mass is 10.1. The molecule has 72 valence electrons. The number of rotatable bonds is 2. The summed E-state index contributed by atoms with van der Waals surface area (Å²) in [5.74, 6) is 0.979. The summed E-state index contributed by atoms with van der Waals surface area (Å²) in [5.41, 5.74) is 3.71. The fraction of sp³-hybridized carbons (Fsp3) is 0.250. The number of hydrogen-bond acceptors (Lipinski definition) is 1. The van der Waals surface area contributed by atoms with E-state index in [2.05, 4.69) is 41.2 Å². The molecule has 0 atom stereocenters. The summed E-state index contributed by atoms with van der Waals surface area (Å²) >= 11 is 0.